The van der Waals surface area contributed by atoms with Crippen molar-refractivity contribution in [3.63, 3.8) is 0 Å². The van der Waals surface area contributed by atoms with Crippen molar-refractivity contribution in [2.75, 3.05) is 39.8 Å². The van der Waals surface area contributed by atoms with Crippen molar-refractivity contribution in [2.45, 2.75) is 57.4 Å². The summed E-state index contributed by atoms with van der Waals surface area (Å²) >= 11 is 0. The van der Waals surface area contributed by atoms with Crippen LogP contribution in [-0.2, 0) is 0 Å². The van der Waals surface area contributed by atoms with Gasteiger partial charge in [-0.3, -0.25) is 4.90 Å². The molecule has 0 aromatic carbocycles. The number of nitrogens with zero attached hydrogens (tertiary/aromatic N) is 2. The van der Waals surface area contributed by atoms with Crippen molar-refractivity contribution in [2.24, 2.45) is 11.7 Å². The molecule has 0 aromatic rings. The first kappa shape index (κ1) is 15.3. The van der Waals surface area contributed by atoms with Crippen LogP contribution in [0.25, 0.3) is 0 Å². The molecule has 2 aliphatic rings. The molecule has 2 N–H and O–H groups in total. The Balaban J connectivity index is 1.82. The fourth-order valence-electron chi connectivity index (χ4n) is 3.90. The molecule has 1 heterocycles. The number of nitrogens with two attached hydrogens (primary N) is 1. The maximum atomic E-state index is 6.15. The standard InChI is InChI=1S/C16H33N3/c1-3-15-6-8-16(14-17,9-7-15)18(2)12-13-19-10-4-5-11-19/h15H,3-14,17H2,1-2H3. The van der Waals surface area contributed by atoms with Crippen molar-refractivity contribution in [3.8, 4) is 0 Å². The third-order valence-corrected chi connectivity index (χ3v) is 5.75. The Morgan fingerprint density at radius 3 is 2.37 bits per heavy atom. The van der Waals surface area contributed by atoms with Crippen LogP contribution in [0.15, 0.2) is 0 Å². The molecule has 3 nitrogen and oxygen atoms in total. The molecule has 2 fully saturated rings. The minimum Gasteiger partial charge on any atom is -0.329 e. The van der Waals surface area contributed by atoms with Crippen molar-refractivity contribution < 1.29 is 0 Å². The lowest BCUT2D eigenvalue weighted by atomic mass is 9.74. The van der Waals surface area contributed by atoms with E-state index in [1.807, 2.05) is 0 Å². The zero-order valence-corrected chi connectivity index (χ0v) is 13.0. The largest absolute Gasteiger partial charge is 0.329 e. The van der Waals surface area contributed by atoms with Gasteiger partial charge in [0.2, 0.25) is 0 Å². The van der Waals surface area contributed by atoms with Gasteiger partial charge in [-0.25, -0.2) is 0 Å². The van der Waals surface area contributed by atoms with Gasteiger partial charge in [0.05, 0.1) is 0 Å². The number of likely N-dealkylation sites (tertiary alicyclic amines) is 1. The monoisotopic (exact) mass is 267 g/mol. The number of rotatable bonds is 6. The molecule has 0 aromatic heterocycles. The van der Waals surface area contributed by atoms with Gasteiger partial charge in [0.15, 0.2) is 0 Å². The van der Waals surface area contributed by atoms with Crippen LogP contribution in [-0.4, -0.2) is 55.1 Å². The number of hydrogen-bond acceptors (Lipinski definition) is 3. The molecule has 3 heteroatoms. The van der Waals surface area contributed by atoms with E-state index in [1.54, 1.807) is 0 Å². The molecule has 112 valence electrons. The van der Waals surface area contributed by atoms with Crippen LogP contribution < -0.4 is 5.73 Å². The number of likely N-dealkylation sites (N-methyl/N-ethyl adjacent to an activating group) is 1. The van der Waals surface area contributed by atoms with E-state index in [1.165, 1.54) is 71.1 Å². The summed E-state index contributed by atoms with van der Waals surface area (Å²) in [6, 6.07) is 0. The highest BCUT2D eigenvalue weighted by Gasteiger charge is 2.37. The molecule has 1 aliphatic heterocycles. The Morgan fingerprint density at radius 1 is 1.21 bits per heavy atom. The van der Waals surface area contributed by atoms with Crippen LogP contribution in [0.3, 0.4) is 0 Å². The molecular weight excluding hydrogens is 234 g/mol. The predicted octanol–water partition coefficient (Wildman–Crippen LogP) is 2.31. The summed E-state index contributed by atoms with van der Waals surface area (Å²) in [5.74, 6) is 0.951. The molecule has 0 amide bonds. The summed E-state index contributed by atoms with van der Waals surface area (Å²) in [6.45, 7) is 8.20. The van der Waals surface area contributed by atoms with Crippen LogP contribution >= 0.6 is 0 Å². The quantitative estimate of drug-likeness (QED) is 0.801. The minimum atomic E-state index is 0.297. The molecule has 0 bridgehead atoms. The van der Waals surface area contributed by atoms with Gasteiger partial charge >= 0.3 is 0 Å². The van der Waals surface area contributed by atoms with E-state index >= 15 is 0 Å². The Morgan fingerprint density at radius 2 is 1.84 bits per heavy atom. The molecule has 19 heavy (non-hydrogen) atoms. The Kier molecular flexibility index (Phi) is 5.67. The second-order valence-electron chi connectivity index (χ2n) is 6.75. The summed E-state index contributed by atoms with van der Waals surface area (Å²) in [7, 11) is 2.30. The maximum absolute atomic E-state index is 6.15. The first-order chi connectivity index (χ1) is 9.20. The van der Waals surface area contributed by atoms with Crippen molar-refractivity contribution >= 4 is 0 Å². The maximum Gasteiger partial charge on any atom is 0.0329 e. The van der Waals surface area contributed by atoms with Gasteiger partial charge in [-0.1, -0.05) is 13.3 Å². The molecule has 1 saturated heterocycles. The average molecular weight is 267 g/mol. The van der Waals surface area contributed by atoms with E-state index in [0.717, 1.165) is 12.5 Å². The summed E-state index contributed by atoms with van der Waals surface area (Å²) in [5.41, 5.74) is 6.45. The van der Waals surface area contributed by atoms with E-state index in [9.17, 15) is 0 Å². The van der Waals surface area contributed by atoms with Crippen LogP contribution in [0.1, 0.15) is 51.9 Å². The van der Waals surface area contributed by atoms with Gasteiger partial charge in [-0.05, 0) is 64.6 Å². The molecule has 0 spiro atoms. The lowest BCUT2D eigenvalue weighted by Gasteiger charge is -2.46. The lowest BCUT2D eigenvalue weighted by molar-refractivity contribution is 0.0572. The zero-order valence-electron chi connectivity index (χ0n) is 13.0. The Hall–Kier alpha value is -0.120. The average Bonchev–Trinajstić information content (AvgIpc) is 2.98. The normalized spacial score (nSPS) is 33.2. The SMILES string of the molecule is CCC1CCC(CN)(N(C)CCN2CCCC2)CC1. The van der Waals surface area contributed by atoms with Crippen LogP contribution in [0, 0.1) is 5.92 Å². The van der Waals surface area contributed by atoms with Gasteiger partial charge in [0, 0.05) is 25.2 Å². The third kappa shape index (κ3) is 3.71. The molecule has 1 aliphatic carbocycles. The molecule has 0 unspecified atom stereocenters. The van der Waals surface area contributed by atoms with Crippen molar-refractivity contribution in [1.29, 1.82) is 0 Å². The summed E-state index contributed by atoms with van der Waals surface area (Å²) in [4.78, 5) is 5.19. The lowest BCUT2D eigenvalue weighted by Crippen LogP contribution is -2.55. The van der Waals surface area contributed by atoms with E-state index < -0.39 is 0 Å². The fraction of sp³-hybridized carbons (Fsp3) is 1.00. The molecule has 2 rings (SSSR count). The molecular formula is C16H33N3. The third-order valence-electron chi connectivity index (χ3n) is 5.75. The van der Waals surface area contributed by atoms with Crippen LogP contribution in [0.5, 0.6) is 0 Å². The first-order valence-electron chi connectivity index (χ1n) is 8.34. The predicted molar refractivity (Wildman–Crippen MR) is 82.3 cm³/mol. The minimum absolute atomic E-state index is 0.297. The van der Waals surface area contributed by atoms with E-state index in [2.05, 4.69) is 23.8 Å². The van der Waals surface area contributed by atoms with Gasteiger partial charge < -0.3 is 10.6 Å². The molecule has 0 radical (unpaired) electrons. The van der Waals surface area contributed by atoms with E-state index in [0.29, 0.717) is 5.54 Å². The first-order valence-corrected chi connectivity index (χ1v) is 8.34. The van der Waals surface area contributed by atoms with Gasteiger partial charge in [0.1, 0.15) is 0 Å². The van der Waals surface area contributed by atoms with E-state index in [4.69, 9.17) is 5.73 Å². The van der Waals surface area contributed by atoms with Crippen LogP contribution in [0.2, 0.25) is 0 Å². The van der Waals surface area contributed by atoms with Gasteiger partial charge in [-0.15, -0.1) is 0 Å². The highest BCUT2D eigenvalue weighted by molar-refractivity contribution is 4.94. The highest BCUT2D eigenvalue weighted by atomic mass is 15.2. The summed E-state index contributed by atoms with van der Waals surface area (Å²) in [6.07, 6.45) is 9.49. The van der Waals surface area contributed by atoms with Crippen LogP contribution in [0.4, 0.5) is 0 Å². The highest BCUT2D eigenvalue weighted by Crippen LogP contribution is 2.36. The summed E-state index contributed by atoms with van der Waals surface area (Å²) in [5, 5.41) is 0. The second-order valence-corrected chi connectivity index (χ2v) is 6.75. The second kappa shape index (κ2) is 7.05. The van der Waals surface area contributed by atoms with E-state index in [-0.39, 0.29) is 0 Å². The topological polar surface area (TPSA) is 32.5 Å². The molecule has 1 saturated carbocycles. The van der Waals surface area contributed by atoms with Gasteiger partial charge in [-0.2, -0.15) is 0 Å². The van der Waals surface area contributed by atoms with Gasteiger partial charge in [0.25, 0.3) is 0 Å². The van der Waals surface area contributed by atoms with Crippen molar-refractivity contribution in [3.05, 3.63) is 0 Å². The van der Waals surface area contributed by atoms with Crippen molar-refractivity contribution in [1.82, 2.24) is 9.80 Å². The zero-order chi connectivity index (χ0) is 13.7. The Labute approximate surface area is 119 Å². The number of hydrogen-bond donors (Lipinski definition) is 1. The smallest absolute Gasteiger partial charge is 0.0329 e. The molecule has 0 atom stereocenters. The Bertz CT molecular complexity index is 253. The fourth-order valence-corrected chi connectivity index (χ4v) is 3.90. The summed E-state index contributed by atoms with van der Waals surface area (Å²) < 4.78 is 0.